The highest BCUT2D eigenvalue weighted by Gasteiger charge is 2.31. The first-order valence-corrected chi connectivity index (χ1v) is 6.25. The van der Waals surface area contributed by atoms with Crippen LogP contribution in [0.4, 0.5) is 10.2 Å². The third-order valence-corrected chi connectivity index (χ3v) is 3.75. The number of nitrogens with two attached hydrogens (primary N) is 1. The molecule has 0 saturated heterocycles. The molecule has 1 aromatic heterocycles. The van der Waals surface area contributed by atoms with E-state index in [-0.39, 0.29) is 11.9 Å². The Morgan fingerprint density at radius 3 is 3.00 bits per heavy atom. The predicted octanol–water partition coefficient (Wildman–Crippen LogP) is 2.44. The molecule has 0 bridgehead atoms. The average molecular weight is 258 g/mol. The van der Waals surface area contributed by atoms with E-state index in [4.69, 9.17) is 17.3 Å². The first-order valence-electron chi connectivity index (χ1n) is 5.87. The molecule has 2 unspecified atom stereocenters. The molecule has 1 aliphatic rings. The molecule has 5 heteroatoms. The van der Waals surface area contributed by atoms with Gasteiger partial charge in [-0.3, -0.25) is 0 Å². The van der Waals surface area contributed by atoms with Gasteiger partial charge >= 0.3 is 0 Å². The molecule has 2 N–H and O–H groups in total. The summed E-state index contributed by atoms with van der Waals surface area (Å²) < 4.78 is 13.8. The lowest BCUT2D eigenvalue weighted by Gasteiger charge is -2.30. The van der Waals surface area contributed by atoms with E-state index >= 15 is 0 Å². The van der Waals surface area contributed by atoms with Crippen molar-refractivity contribution in [3.63, 3.8) is 0 Å². The van der Waals surface area contributed by atoms with Crippen molar-refractivity contribution in [2.24, 2.45) is 11.7 Å². The maximum atomic E-state index is 13.8. The monoisotopic (exact) mass is 257 g/mol. The van der Waals surface area contributed by atoms with E-state index in [0.717, 1.165) is 19.3 Å². The van der Waals surface area contributed by atoms with E-state index in [1.165, 1.54) is 12.3 Å². The lowest BCUT2D eigenvalue weighted by atomic mass is 10.0. The zero-order valence-electron chi connectivity index (χ0n) is 9.87. The summed E-state index contributed by atoms with van der Waals surface area (Å²) in [6.45, 7) is 0.643. The number of anilines is 1. The van der Waals surface area contributed by atoms with Crippen LogP contribution in [0.25, 0.3) is 0 Å². The van der Waals surface area contributed by atoms with Crippen LogP contribution in [0.1, 0.15) is 19.3 Å². The molecule has 1 saturated carbocycles. The van der Waals surface area contributed by atoms with Crippen LogP contribution in [0.2, 0.25) is 5.02 Å². The first kappa shape index (κ1) is 12.6. The predicted molar refractivity (Wildman–Crippen MR) is 67.8 cm³/mol. The van der Waals surface area contributed by atoms with Gasteiger partial charge < -0.3 is 10.6 Å². The molecule has 1 aliphatic carbocycles. The summed E-state index contributed by atoms with van der Waals surface area (Å²) in [4.78, 5) is 5.97. The number of hydrogen-bond acceptors (Lipinski definition) is 3. The zero-order chi connectivity index (χ0) is 12.4. The maximum Gasteiger partial charge on any atom is 0.167 e. The number of hydrogen-bond donors (Lipinski definition) is 1. The van der Waals surface area contributed by atoms with Gasteiger partial charge in [0, 0.05) is 19.3 Å². The Balaban J connectivity index is 2.21. The second-order valence-electron chi connectivity index (χ2n) is 4.56. The van der Waals surface area contributed by atoms with E-state index in [1.54, 1.807) is 0 Å². The Bertz CT molecular complexity index is 399. The fourth-order valence-electron chi connectivity index (χ4n) is 2.63. The van der Waals surface area contributed by atoms with E-state index in [9.17, 15) is 4.39 Å². The topological polar surface area (TPSA) is 42.2 Å². The molecule has 0 aliphatic heterocycles. The summed E-state index contributed by atoms with van der Waals surface area (Å²) in [6.07, 6.45) is 4.78. The van der Waals surface area contributed by atoms with Gasteiger partial charge in [0.15, 0.2) is 11.6 Å². The molecule has 0 aromatic carbocycles. The van der Waals surface area contributed by atoms with Crippen LogP contribution in [0, 0.1) is 11.7 Å². The highest BCUT2D eigenvalue weighted by atomic mass is 35.5. The van der Waals surface area contributed by atoms with E-state index in [0.29, 0.717) is 23.3 Å². The molecule has 3 nitrogen and oxygen atoms in total. The van der Waals surface area contributed by atoms with Gasteiger partial charge in [-0.2, -0.15) is 0 Å². The highest BCUT2D eigenvalue weighted by molar-refractivity contribution is 6.30. The summed E-state index contributed by atoms with van der Waals surface area (Å²) >= 11 is 5.70. The molecule has 1 heterocycles. The van der Waals surface area contributed by atoms with Gasteiger partial charge in [0.2, 0.25) is 0 Å². The summed E-state index contributed by atoms with van der Waals surface area (Å²) in [5, 5.41) is 0.321. The first-order chi connectivity index (χ1) is 8.13. The fourth-order valence-corrected chi connectivity index (χ4v) is 2.77. The minimum absolute atomic E-state index is 0.281. The minimum atomic E-state index is -0.373. The Morgan fingerprint density at radius 2 is 2.35 bits per heavy atom. The van der Waals surface area contributed by atoms with Gasteiger partial charge in [0.1, 0.15) is 0 Å². The van der Waals surface area contributed by atoms with Gasteiger partial charge in [0.25, 0.3) is 0 Å². The molecule has 1 fully saturated rings. The van der Waals surface area contributed by atoms with Gasteiger partial charge in [-0.15, -0.1) is 0 Å². The molecule has 2 atom stereocenters. The van der Waals surface area contributed by atoms with Crippen LogP contribution in [-0.2, 0) is 0 Å². The molecule has 1 aromatic rings. The molecule has 0 spiro atoms. The quantitative estimate of drug-likeness (QED) is 0.904. The normalized spacial score (nSPS) is 24.0. The Labute approximate surface area is 106 Å². The lowest BCUT2D eigenvalue weighted by molar-refractivity contribution is 0.466. The molecule has 0 radical (unpaired) electrons. The van der Waals surface area contributed by atoms with Crippen LogP contribution in [-0.4, -0.2) is 24.6 Å². The van der Waals surface area contributed by atoms with Crippen molar-refractivity contribution in [2.45, 2.75) is 25.3 Å². The summed E-state index contributed by atoms with van der Waals surface area (Å²) in [7, 11) is 1.87. The average Bonchev–Trinajstić information content (AvgIpc) is 2.76. The fraction of sp³-hybridized carbons (Fsp3) is 0.583. The molecule has 94 valence electrons. The number of halogens is 2. The van der Waals surface area contributed by atoms with Gasteiger partial charge in [0.05, 0.1) is 5.02 Å². The standard InChI is InChI=1S/C12H17ClFN3/c1-17(11-4-2-3-8(11)6-15)12-10(14)5-9(13)7-16-12/h5,7-8,11H,2-4,6,15H2,1H3. The third kappa shape index (κ3) is 2.53. The van der Waals surface area contributed by atoms with E-state index in [2.05, 4.69) is 4.98 Å². The minimum Gasteiger partial charge on any atom is -0.354 e. The molecule has 17 heavy (non-hydrogen) atoms. The zero-order valence-corrected chi connectivity index (χ0v) is 10.6. The van der Waals surface area contributed by atoms with Gasteiger partial charge in [-0.25, -0.2) is 9.37 Å². The van der Waals surface area contributed by atoms with Crippen molar-refractivity contribution in [1.29, 1.82) is 0 Å². The van der Waals surface area contributed by atoms with Gasteiger partial charge in [-0.1, -0.05) is 18.0 Å². The van der Waals surface area contributed by atoms with Crippen molar-refractivity contribution >= 4 is 17.4 Å². The SMILES string of the molecule is CN(c1ncc(Cl)cc1F)C1CCCC1CN. The van der Waals surface area contributed by atoms with Crippen molar-refractivity contribution in [2.75, 3.05) is 18.5 Å². The summed E-state index contributed by atoms with van der Waals surface area (Å²) in [5.74, 6) is 0.416. The smallest absolute Gasteiger partial charge is 0.167 e. The van der Waals surface area contributed by atoms with Crippen molar-refractivity contribution in [1.82, 2.24) is 4.98 Å². The van der Waals surface area contributed by atoms with Crippen molar-refractivity contribution < 1.29 is 4.39 Å². The summed E-state index contributed by atoms with van der Waals surface area (Å²) in [5.41, 5.74) is 5.74. The second kappa shape index (κ2) is 5.19. The Morgan fingerprint density at radius 1 is 1.59 bits per heavy atom. The maximum absolute atomic E-state index is 13.8. The largest absolute Gasteiger partial charge is 0.354 e. The molecular weight excluding hydrogens is 241 g/mol. The number of rotatable bonds is 3. The number of pyridine rings is 1. The highest BCUT2D eigenvalue weighted by Crippen LogP contribution is 2.32. The third-order valence-electron chi connectivity index (χ3n) is 3.54. The summed E-state index contributed by atoms with van der Waals surface area (Å²) in [6, 6.07) is 1.58. The van der Waals surface area contributed by atoms with Crippen molar-refractivity contribution in [3.05, 3.63) is 23.1 Å². The van der Waals surface area contributed by atoms with Crippen LogP contribution >= 0.6 is 11.6 Å². The Hall–Kier alpha value is -0.870. The van der Waals surface area contributed by atoms with Gasteiger partial charge in [-0.05, 0) is 31.4 Å². The van der Waals surface area contributed by atoms with Crippen molar-refractivity contribution in [3.8, 4) is 0 Å². The van der Waals surface area contributed by atoms with Crippen LogP contribution in [0.15, 0.2) is 12.3 Å². The number of nitrogens with zero attached hydrogens (tertiary/aromatic N) is 2. The molecule has 2 rings (SSSR count). The Kier molecular flexibility index (Phi) is 3.84. The molecule has 0 amide bonds. The van der Waals surface area contributed by atoms with Crippen LogP contribution in [0.5, 0.6) is 0 Å². The van der Waals surface area contributed by atoms with Crippen LogP contribution < -0.4 is 10.6 Å². The number of aromatic nitrogens is 1. The van der Waals surface area contributed by atoms with Crippen LogP contribution in [0.3, 0.4) is 0 Å². The second-order valence-corrected chi connectivity index (χ2v) is 5.00. The van der Waals surface area contributed by atoms with E-state index in [1.807, 2.05) is 11.9 Å². The lowest BCUT2D eigenvalue weighted by Crippen LogP contribution is -2.38. The molecular formula is C12H17ClFN3. The van der Waals surface area contributed by atoms with E-state index < -0.39 is 0 Å².